The van der Waals surface area contributed by atoms with Crippen molar-refractivity contribution in [1.82, 2.24) is 40.4 Å². The molecule has 0 spiro atoms. The van der Waals surface area contributed by atoms with Gasteiger partial charge >= 0.3 is 12.2 Å². The molecule has 66 heavy (non-hydrogen) atoms. The summed E-state index contributed by atoms with van der Waals surface area (Å²) in [6, 6.07) is 13.5. The molecule has 16 heteroatoms. The number of alkyl carbamates (subject to hydrolysis) is 2. The molecular formula is C50H58F2N8O6. The van der Waals surface area contributed by atoms with Crippen LogP contribution in [0.4, 0.5) is 18.4 Å². The van der Waals surface area contributed by atoms with Crippen molar-refractivity contribution in [2.45, 2.75) is 110 Å². The van der Waals surface area contributed by atoms with Crippen molar-refractivity contribution >= 4 is 35.0 Å². The molecule has 14 nitrogen and oxygen atoms in total. The van der Waals surface area contributed by atoms with Crippen molar-refractivity contribution in [3.8, 4) is 33.5 Å². The lowest BCUT2D eigenvalue weighted by Crippen LogP contribution is -2.54. The molecule has 3 aliphatic carbocycles. The molecule has 3 heterocycles. The van der Waals surface area contributed by atoms with Crippen molar-refractivity contribution < 1.29 is 37.4 Å². The molecule has 4 amide bonds. The lowest BCUT2D eigenvalue weighted by Gasteiger charge is -2.37. The number of ether oxygens (including phenoxy) is 2. The highest BCUT2D eigenvalue weighted by molar-refractivity contribution is 5.89. The summed E-state index contributed by atoms with van der Waals surface area (Å²) in [5.74, 6) is -2.70. The number of likely N-dealkylation sites (tertiary alicyclic amines) is 1. The van der Waals surface area contributed by atoms with Gasteiger partial charge in [-0.15, -0.1) is 0 Å². The van der Waals surface area contributed by atoms with E-state index in [0.29, 0.717) is 51.7 Å². The number of methoxy groups -OCH3 is 2. The molecule has 2 saturated carbocycles. The Bertz CT molecular complexity index is 2720. The van der Waals surface area contributed by atoms with Gasteiger partial charge in [0.15, 0.2) is 0 Å². The van der Waals surface area contributed by atoms with E-state index >= 15 is 8.78 Å². The van der Waals surface area contributed by atoms with Gasteiger partial charge in [-0.1, -0.05) is 65.0 Å². The van der Waals surface area contributed by atoms with Gasteiger partial charge in [0.2, 0.25) is 11.8 Å². The molecule has 2 bridgehead atoms. The third-order valence-electron chi connectivity index (χ3n) is 14.5. The molecule has 3 fully saturated rings. The van der Waals surface area contributed by atoms with Gasteiger partial charge in [-0.05, 0) is 109 Å². The van der Waals surface area contributed by atoms with E-state index in [2.05, 4.69) is 32.5 Å². The fraction of sp³-hybridized carbons (Fsp3) is 0.480. The number of aromatic amines is 2. The maximum atomic E-state index is 16.7. The Balaban J connectivity index is 0.957. The molecule has 4 N–H and O–H groups in total. The normalized spacial score (nSPS) is 21.0. The number of nitrogens with one attached hydrogen (secondary N) is 4. The number of hydrogen-bond donors (Lipinski definition) is 4. The summed E-state index contributed by atoms with van der Waals surface area (Å²) in [6.45, 7) is 12.0. The molecule has 1 aliphatic heterocycles. The molecule has 5 aromatic rings. The number of H-pyrrole nitrogens is 2. The third-order valence-corrected chi connectivity index (χ3v) is 14.5. The molecule has 348 valence electrons. The van der Waals surface area contributed by atoms with E-state index in [1.165, 1.54) is 20.3 Å². The molecule has 2 aromatic heterocycles. The third kappa shape index (κ3) is 7.95. The maximum absolute atomic E-state index is 16.7. The van der Waals surface area contributed by atoms with Crippen molar-refractivity contribution in [3.63, 3.8) is 0 Å². The zero-order chi connectivity index (χ0) is 47.0. The Labute approximate surface area is 382 Å². The number of rotatable bonds is 13. The average Bonchev–Trinajstić information content (AvgIpc) is 3.89. The topological polar surface area (TPSA) is 175 Å². The van der Waals surface area contributed by atoms with Crippen LogP contribution in [-0.4, -0.2) is 92.6 Å². The van der Waals surface area contributed by atoms with E-state index in [4.69, 9.17) is 14.5 Å². The first-order valence-corrected chi connectivity index (χ1v) is 23.0. The van der Waals surface area contributed by atoms with E-state index in [9.17, 15) is 19.2 Å². The minimum absolute atomic E-state index is 0.0430. The molecule has 1 saturated heterocycles. The van der Waals surface area contributed by atoms with Crippen molar-refractivity contribution in [2.24, 2.45) is 23.2 Å². The second kappa shape index (κ2) is 16.8. The largest absolute Gasteiger partial charge is 0.453 e. The fourth-order valence-electron chi connectivity index (χ4n) is 10.3. The number of carbonyl (C=O) groups is 4. The lowest BCUT2D eigenvalue weighted by atomic mass is 9.95. The van der Waals surface area contributed by atoms with Crippen molar-refractivity contribution in [2.75, 3.05) is 20.8 Å². The SMILES string of the molecule is COC(=O)N[C@H](C(=O)N1C(c2nc3ccc(-c4ccc5c(c4)C(F)(F)c4cc(-c6cnc([C@H](C)N(CC7(C)CC7)C(=O)[C@H](NC(=O)OC)C(C)C)[nH]6)ccc4-5)cc3[nH]2)[C@H]2CC[C@@H]1C2)C(C)C. The number of nitrogens with zero attached hydrogens (tertiary/aromatic N) is 4. The number of piperidine rings is 1. The van der Waals surface area contributed by atoms with E-state index in [1.54, 1.807) is 35.4 Å². The van der Waals surface area contributed by atoms with E-state index in [1.807, 2.05) is 63.8 Å². The number of benzene rings is 3. The van der Waals surface area contributed by atoms with Crippen molar-refractivity contribution in [1.29, 1.82) is 0 Å². The molecule has 1 unspecified atom stereocenters. The van der Waals surface area contributed by atoms with E-state index in [-0.39, 0.29) is 58.2 Å². The number of alkyl halides is 2. The van der Waals surface area contributed by atoms with E-state index in [0.717, 1.165) is 43.2 Å². The van der Waals surface area contributed by atoms with Crippen LogP contribution in [0.3, 0.4) is 0 Å². The summed E-state index contributed by atoms with van der Waals surface area (Å²) in [5, 5.41) is 5.43. The zero-order valence-electron chi connectivity index (χ0n) is 38.6. The predicted octanol–water partition coefficient (Wildman–Crippen LogP) is 9.24. The van der Waals surface area contributed by atoms with Crippen LogP contribution in [-0.2, 0) is 25.0 Å². The zero-order valence-corrected chi connectivity index (χ0v) is 38.6. The van der Waals surface area contributed by atoms with Gasteiger partial charge in [0.25, 0.3) is 5.92 Å². The monoisotopic (exact) mass is 904 g/mol. The minimum atomic E-state index is -3.30. The number of amides is 4. The Hall–Kier alpha value is -6.32. The summed E-state index contributed by atoms with van der Waals surface area (Å²) in [4.78, 5) is 72.6. The fourth-order valence-corrected chi connectivity index (χ4v) is 10.3. The molecule has 6 atom stereocenters. The van der Waals surface area contributed by atoms with E-state index < -0.39 is 36.2 Å². The van der Waals surface area contributed by atoms with Crippen LogP contribution >= 0.6 is 0 Å². The number of aromatic nitrogens is 4. The highest BCUT2D eigenvalue weighted by Crippen LogP contribution is 2.54. The molecule has 4 aliphatic rings. The highest BCUT2D eigenvalue weighted by Gasteiger charge is 2.52. The van der Waals surface area contributed by atoms with Crippen molar-refractivity contribution in [3.05, 3.63) is 83.6 Å². The minimum Gasteiger partial charge on any atom is -0.453 e. The number of imidazole rings is 2. The van der Waals surface area contributed by atoms with Crippen LogP contribution in [0, 0.1) is 23.2 Å². The number of hydrogen-bond acceptors (Lipinski definition) is 8. The summed E-state index contributed by atoms with van der Waals surface area (Å²) < 4.78 is 43.0. The Kier molecular flexibility index (Phi) is 11.4. The summed E-state index contributed by atoms with van der Waals surface area (Å²) in [5.41, 5.74) is 4.52. The predicted molar refractivity (Wildman–Crippen MR) is 244 cm³/mol. The Morgan fingerprint density at radius 3 is 2.08 bits per heavy atom. The average molecular weight is 905 g/mol. The lowest BCUT2D eigenvalue weighted by molar-refractivity contribution is -0.139. The first-order chi connectivity index (χ1) is 31.4. The molecular weight excluding hydrogens is 847 g/mol. The van der Waals surface area contributed by atoms with Gasteiger partial charge in [0.1, 0.15) is 23.7 Å². The number of fused-ring (bicyclic) bond motifs is 6. The molecule has 9 rings (SSSR count). The Morgan fingerprint density at radius 1 is 0.833 bits per heavy atom. The summed E-state index contributed by atoms with van der Waals surface area (Å²) in [6.07, 6.45) is 4.92. The van der Waals surface area contributed by atoms with Crippen LogP contribution < -0.4 is 10.6 Å². The van der Waals surface area contributed by atoms with Gasteiger partial charge in [-0.25, -0.2) is 19.6 Å². The smallest absolute Gasteiger partial charge is 0.407 e. The quantitative estimate of drug-likeness (QED) is 0.0905. The van der Waals surface area contributed by atoms with Gasteiger partial charge in [-0.3, -0.25) is 9.59 Å². The first-order valence-electron chi connectivity index (χ1n) is 23.0. The van der Waals surface area contributed by atoms with Crippen LogP contribution in [0.25, 0.3) is 44.5 Å². The van der Waals surface area contributed by atoms with Gasteiger partial charge in [0.05, 0.1) is 49.2 Å². The van der Waals surface area contributed by atoms with Crippen LogP contribution in [0.5, 0.6) is 0 Å². The van der Waals surface area contributed by atoms with Gasteiger partial charge in [-0.2, -0.15) is 8.78 Å². The summed E-state index contributed by atoms with van der Waals surface area (Å²) in [7, 11) is 2.54. The number of halogens is 2. The maximum Gasteiger partial charge on any atom is 0.407 e. The number of carbonyl (C=O) groups excluding carboxylic acids is 4. The Morgan fingerprint density at radius 2 is 1.44 bits per heavy atom. The van der Waals surface area contributed by atoms with Crippen LogP contribution in [0.1, 0.15) is 109 Å². The van der Waals surface area contributed by atoms with Gasteiger partial charge in [0, 0.05) is 29.3 Å². The molecule has 3 aromatic carbocycles. The second-order valence-corrected chi connectivity index (χ2v) is 19.7. The molecule has 0 radical (unpaired) electrons. The summed E-state index contributed by atoms with van der Waals surface area (Å²) >= 11 is 0. The highest BCUT2D eigenvalue weighted by atomic mass is 19.3. The first kappa shape index (κ1) is 44.9. The van der Waals surface area contributed by atoms with Crippen LogP contribution in [0.2, 0.25) is 0 Å². The standard InChI is InChI=1S/C50H58F2N8O6/c1-25(2)40(57-47(63)65-7)45(61)59(24-49(6)17-18-49)27(5)43-53-23-39(56-43)30-11-15-34-33-14-10-28(20-35(33)50(51,52)36(34)21-30)29-12-16-37-38(22-29)55-44(54-37)42-31-9-13-32(19-31)60(42)46(62)41(26(3)4)58-48(64)66-8/h10-12,14-16,20-23,25-27,31-32,40-42H,9,13,17-19,24H2,1-8H3,(H,53,56)(H,54,55)(H,57,63)(H,58,64)/t27-,31-,32+,40+,41-,42?/m0/s1. The second-order valence-electron chi connectivity index (χ2n) is 19.7. The van der Waals surface area contributed by atoms with Gasteiger partial charge < -0.3 is 39.9 Å². The van der Waals surface area contributed by atoms with Crippen LogP contribution in [0.15, 0.2) is 60.8 Å².